The van der Waals surface area contributed by atoms with Crippen molar-refractivity contribution in [1.29, 1.82) is 0 Å². The second kappa shape index (κ2) is 7.57. The van der Waals surface area contributed by atoms with E-state index in [4.69, 9.17) is 4.74 Å². The van der Waals surface area contributed by atoms with E-state index in [-0.39, 0.29) is 30.3 Å². The number of benzene rings is 1. The van der Waals surface area contributed by atoms with E-state index < -0.39 is 5.41 Å². The Morgan fingerprint density at radius 2 is 1.87 bits per heavy atom. The molecule has 126 valence electrons. The van der Waals surface area contributed by atoms with Crippen molar-refractivity contribution >= 4 is 11.9 Å². The Morgan fingerprint density at radius 3 is 2.43 bits per heavy atom. The summed E-state index contributed by atoms with van der Waals surface area (Å²) < 4.78 is 18.4. The zero-order valence-electron chi connectivity index (χ0n) is 13.7. The van der Waals surface area contributed by atoms with E-state index in [2.05, 4.69) is 5.32 Å². The molecule has 1 aliphatic rings. The molecule has 2 rings (SSSR count). The Labute approximate surface area is 136 Å². The lowest BCUT2D eigenvalue weighted by Crippen LogP contribution is -2.39. The van der Waals surface area contributed by atoms with Crippen molar-refractivity contribution in [1.82, 2.24) is 5.32 Å². The van der Waals surface area contributed by atoms with Crippen LogP contribution >= 0.6 is 0 Å². The molecular weight excluding hydrogens is 297 g/mol. The van der Waals surface area contributed by atoms with Crippen molar-refractivity contribution in [3.8, 4) is 0 Å². The number of esters is 1. The van der Waals surface area contributed by atoms with Gasteiger partial charge < -0.3 is 10.1 Å². The van der Waals surface area contributed by atoms with Crippen LogP contribution in [0, 0.1) is 5.82 Å². The molecule has 5 heteroatoms. The number of amides is 1. The number of hydrogen-bond donors (Lipinski definition) is 1. The van der Waals surface area contributed by atoms with Crippen molar-refractivity contribution in [2.24, 2.45) is 0 Å². The Bertz CT molecular complexity index is 550. The van der Waals surface area contributed by atoms with E-state index in [1.54, 1.807) is 12.1 Å². The fraction of sp³-hybridized carbons (Fsp3) is 0.556. The van der Waals surface area contributed by atoms with Gasteiger partial charge in [0.1, 0.15) is 5.82 Å². The normalized spacial score (nSPS) is 17.5. The number of carbonyl (C=O) groups is 2. The maximum absolute atomic E-state index is 13.1. The van der Waals surface area contributed by atoms with Crippen molar-refractivity contribution < 1.29 is 18.7 Å². The van der Waals surface area contributed by atoms with Crippen LogP contribution in [0.4, 0.5) is 4.39 Å². The maximum atomic E-state index is 13.1. The molecule has 1 fully saturated rings. The van der Waals surface area contributed by atoms with Gasteiger partial charge in [-0.25, -0.2) is 4.39 Å². The molecule has 1 atom stereocenters. The Hall–Kier alpha value is -1.91. The molecule has 0 spiro atoms. The third kappa shape index (κ3) is 4.09. The maximum Gasteiger partial charge on any atom is 0.317 e. The highest BCUT2D eigenvalue weighted by atomic mass is 19.1. The minimum Gasteiger partial charge on any atom is -0.455 e. The first-order valence-corrected chi connectivity index (χ1v) is 8.20. The highest BCUT2D eigenvalue weighted by Gasteiger charge is 2.44. The van der Waals surface area contributed by atoms with Crippen molar-refractivity contribution in [3.63, 3.8) is 0 Å². The molecule has 0 radical (unpaired) electrons. The van der Waals surface area contributed by atoms with Gasteiger partial charge in [0.25, 0.3) is 5.91 Å². The highest BCUT2D eigenvalue weighted by molar-refractivity contribution is 5.86. The van der Waals surface area contributed by atoms with Crippen LogP contribution in [0.2, 0.25) is 0 Å². The molecule has 1 aromatic rings. The Kier molecular flexibility index (Phi) is 5.74. The number of halogens is 1. The lowest BCUT2D eigenvalue weighted by atomic mass is 9.79. The van der Waals surface area contributed by atoms with Crippen molar-refractivity contribution in [3.05, 3.63) is 35.6 Å². The average Bonchev–Trinajstić information content (AvgIpc) is 3.04. The summed E-state index contributed by atoms with van der Waals surface area (Å²) >= 11 is 0. The summed E-state index contributed by atoms with van der Waals surface area (Å²) in [5.74, 6) is -1.01. The van der Waals surface area contributed by atoms with Crippen LogP contribution in [-0.4, -0.2) is 24.5 Å². The first-order chi connectivity index (χ1) is 11.0. The summed E-state index contributed by atoms with van der Waals surface area (Å²) in [5, 5.41) is 2.77. The van der Waals surface area contributed by atoms with Crippen LogP contribution in [0.1, 0.15) is 51.5 Å². The molecule has 0 saturated heterocycles. The lowest BCUT2D eigenvalue weighted by Gasteiger charge is -2.27. The number of rotatable bonds is 6. The standard InChI is InChI=1S/C18H24FNO3/c1-3-13(2)20-16(21)12-23-17(22)18(10-4-5-11-18)14-6-8-15(19)9-7-14/h6-9,13H,3-5,10-12H2,1-2H3,(H,20,21)/t13-/m1/s1. The molecule has 1 N–H and O–H groups in total. The van der Waals surface area contributed by atoms with E-state index in [0.29, 0.717) is 12.8 Å². The van der Waals surface area contributed by atoms with Gasteiger partial charge in [0.05, 0.1) is 5.41 Å². The first-order valence-electron chi connectivity index (χ1n) is 8.20. The highest BCUT2D eigenvalue weighted by Crippen LogP contribution is 2.42. The SMILES string of the molecule is CC[C@@H](C)NC(=O)COC(=O)C1(c2ccc(F)cc2)CCCC1. The summed E-state index contributed by atoms with van der Waals surface area (Å²) in [7, 11) is 0. The predicted molar refractivity (Wildman–Crippen MR) is 85.4 cm³/mol. The summed E-state index contributed by atoms with van der Waals surface area (Å²) in [4.78, 5) is 24.4. The molecule has 1 saturated carbocycles. The van der Waals surface area contributed by atoms with Gasteiger partial charge in [-0.3, -0.25) is 9.59 Å². The second-order valence-electron chi connectivity index (χ2n) is 6.25. The van der Waals surface area contributed by atoms with Gasteiger partial charge in [0, 0.05) is 6.04 Å². The van der Waals surface area contributed by atoms with Crippen LogP contribution in [0.5, 0.6) is 0 Å². The Morgan fingerprint density at radius 1 is 1.26 bits per heavy atom. The van der Waals surface area contributed by atoms with E-state index in [0.717, 1.165) is 24.8 Å². The van der Waals surface area contributed by atoms with Gasteiger partial charge in [-0.2, -0.15) is 0 Å². The topological polar surface area (TPSA) is 55.4 Å². The molecule has 0 bridgehead atoms. The fourth-order valence-electron chi connectivity index (χ4n) is 3.05. The van der Waals surface area contributed by atoms with Crippen LogP contribution in [0.3, 0.4) is 0 Å². The number of carbonyl (C=O) groups excluding carboxylic acids is 2. The Balaban J connectivity index is 2.04. The van der Waals surface area contributed by atoms with Gasteiger partial charge >= 0.3 is 5.97 Å². The number of ether oxygens (including phenoxy) is 1. The smallest absolute Gasteiger partial charge is 0.317 e. The molecule has 0 unspecified atom stereocenters. The molecular formula is C18H24FNO3. The van der Waals surface area contributed by atoms with Crippen molar-refractivity contribution in [2.45, 2.75) is 57.4 Å². The van der Waals surface area contributed by atoms with E-state index >= 15 is 0 Å². The molecule has 4 nitrogen and oxygen atoms in total. The largest absolute Gasteiger partial charge is 0.455 e. The van der Waals surface area contributed by atoms with Gasteiger partial charge in [-0.05, 0) is 43.9 Å². The van der Waals surface area contributed by atoms with Gasteiger partial charge in [0.15, 0.2) is 6.61 Å². The van der Waals surface area contributed by atoms with Crippen LogP contribution < -0.4 is 5.32 Å². The minimum atomic E-state index is -0.746. The molecule has 0 aliphatic heterocycles. The van der Waals surface area contributed by atoms with Crippen LogP contribution in [0.25, 0.3) is 0 Å². The summed E-state index contributed by atoms with van der Waals surface area (Å²) in [5.41, 5.74) is 0.0217. The van der Waals surface area contributed by atoms with Crippen molar-refractivity contribution in [2.75, 3.05) is 6.61 Å². The zero-order valence-corrected chi connectivity index (χ0v) is 13.7. The molecule has 0 heterocycles. The third-order valence-electron chi connectivity index (χ3n) is 4.60. The second-order valence-corrected chi connectivity index (χ2v) is 6.25. The molecule has 23 heavy (non-hydrogen) atoms. The summed E-state index contributed by atoms with van der Waals surface area (Å²) in [6.07, 6.45) is 4.01. The fourth-order valence-corrected chi connectivity index (χ4v) is 3.05. The van der Waals surface area contributed by atoms with E-state index in [1.165, 1.54) is 12.1 Å². The van der Waals surface area contributed by atoms with E-state index in [1.807, 2.05) is 13.8 Å². The van der Waals surface area contributed by atoms with Gasteiger partial charge in [0.2, 0.25) is 0 Å². The molecule has 1 amide bonds. The summed E-state index contributed by atoms with van der Waals surface area (Å²) in [6.45, 7) is 3.60. The first kappa shape index (κ1) is 17.4. The summed E-state index contributed by atoms with van der Waals surface area (Å²) in [6, 6.07) is 6.05. The van der Waals surface area contributed by atoms with Crippen LogP contribution in [0.15, 0.2) is 24.3 Å². The van der Waals surface area contributed by atoms with Gasteiger partial charge in [-0.1, -0.05) is 31.9 Å². The average molecular weight is 321 g/mol. The zero-order chi connectivity index (χ0) is 16.9. The number of hydrogen-bond acceptors (Lipinski definition) is 3. The minimum absolute atomic E-state index is 0.0544. The predicted octanol–water partition coefficient (Wildman–Crippen LogP) is 3.10. The molecule has 0 aromatic heterocycles. The molecule has 1 aliphatic carbocycles. The van der Waals surface area contributed by atoms with Gasteiger partial charge in [-0.15, -0.1) is 0 Å². The van der Waals surface area contributed by atoms with E-state index in [9.17, 15) is 14.0 Å². The number of nitrogens with one attached hydrogen (secondary N) is 1. The monoisotopic (exact) mass is 321 g/mol. The molecule has 1 aromatic carbocycles. The van der Waals surface area contributed by atoms with Crippen LogP contribution in [-0.2, 0) is 19.7 Å². The lowest BCUT2D eigenvalue weighted by molar-refractivity contribution is -0.154. The quantitative estimate of drug-likeness (QED) is 0.819. The third-order valence-corrected chi connectivity index (χ3v) is 4.60.